The molecule has 0 aliphatic carbocycles. The van der Waals surface area contributed by atoms with Gasteiger partial charge in [-0.25, -0.2) is 0 Å². The molecular weight excluding hydrogens is 434 g/mol. The third-order valence-electron chi connectivity index (χ3n) is 1.01. The molecule has 0 rings (SSSR count). The van der Waals surface area contributed by atoms with E-state index >= 15 is 0 Å². The summed E-state index contributed by atoms with van der Waals surface area (Å²) in [5.41, 5.74) is 0.0926. The number of nitrogens with zero attached hydrogens (tertiary/aromatic N) is 1. The molecule has 0 radical (unpaired) electrons. The van der Waals surface area contributed by atoms with E-state index in [-0.39, 0.29) is 11.5 Å². The maximum absolute atomic E-state index is 11.0. The summed E-state index contributed by atoms with van der Waals surface area (Å²) >= 11 is 4.24. The predicted molar refractivity (Wildman–Crippen MR) is 74.4 cm³/mol. The molecule has 3 nitrogen and oxygen atoms in total. The van der Waals surface area contributed by atoms with Crippen molar-refractivity contribution in [1.82, 2.24) is 4.90 Å². The average molecular weight is 449 g/mol. The standard InChI is InChI=1S/C4H6F2.C4H9NO2.I2/c1-3(2)4(5)6;1-5(2)4(7)3-6;1-2/h1-2H3;6H,3H2,1-2H3;. The number of rotatable bonds is 1. The molecule has 0 fully saturated rings. The van der Waals surface area contributed by atoms with E-state index in [1.807, 2.05) is 0 Å². The molecule has 0 heterocycles. The Morgan fingerprint density at radius 2 is 1.53 bits per heavy atom. The Hall–Kier alpha value is 0.490. The maximum Gasteiger partial charge on any atom is 0.268 e. The van der Waals surface area contributed by atoms with Crippen molar-refractivity contribution < 1.29 is 18.7 Å². The van der Waals surface area contributed by atoms with Gasteiger partial charge in [0.05, 0.1) is 0 Å². The Labute approximate surface area is 112 Å². The molecule has 15 heavy (non-hydrogen) atoms. The zero-order chi connectivity index (χ0) is 13.0. The van der Waals surface area contributed by atoms with Crippen LogP contribution >= 0.6 is 37.2 Å². The number of halogens is 4. The number of hydrogen-bond donors (Lipinski definition) is 1. The summed E-state index contributed by atoms with van der Waals surface area (Å²) in [4.78, 5) is 11.5. The molecule has 0 saturated carbocycles. The Kier molecular flexibility index (Phi) is 20.1. The van der Waals surface area contributed by atoms with Crippen molar-refractivity contribution in [3.8, 4) is 0 Å². The molecule has 0 unspecified atom stereocenters. The molecule has 0 aromatic heterocycles. The molecule has 0 bridgehead atoms. The Balaban J connectivity index is -0.000000166. The van der Waals surface area contributed by atoms with Gasteiger partial charge in [-0.3, -0.25) is 4.79 Å². The van der Waals surface area contributed by atoms with Crippen LogP contribution in [0.5, 0.6) is 0 Å². The van der Waals surface area contributed by atoms with Crippen LogP contribution < -0.4 is 0 Å². The molecule has 0 spiro atoms. The third kappa shape index (κ3) is 20.5. The van der Waals surface area contributed by atoms with Crippen molar-refractivity contribution in [2.75, 3.05) is 20.7 Å². The number of carbonyl (C=O) groups is 1. The molecule has 1 N–H and O–H groups in total. The van der Waals surface area contributed by atoms with E-state index in [0.29, 0.717) is 0 Å². The summed E-state index contributed by atoms with van der Waals surface area (Å²) in [6, 6.07) is 0. The lowest BCUT2D eigenvalue weighted by Gasteiger charge is -2.05. The largest absolute Gasteiger partial charge is 0.387 e. The lowest BCUT2D eigenvalue weighted by Crippen LogP contribution is -2.24. The Morgan fingerprint density at radius 1 is 1.27 bits per heavy atom. The van der Waals surface area contributed by atoms with E-state index < -0.39 is 12.7 Å². The first-order chi connectivity index (χ1) is 6.82. The molecule has 0 atom stereocenters. The lowest BCUT2D eigenvalue weighted by atomic mass is 10.4. The van der Waals surface area contributed by atoms with Crippen LogP contribution in [0, 0.1) is 0 Å². The average Bonchev–Trinajstić information content (AvgIpc) is 2.20. The first-order valence-corrected chi connectivity index (χ1v) is 10.0. The van der Waals surface area contributed by atoms with E-state index in [1.54, 1.807) is 14.1 Å². The highest BCUT2D eigenvalue weighted by molar-refractivity contribution is 15.0. The van der Waals surface area contributed by atoms with Gasteiger partial charge in [-0.15, -0.1) is 0 Å². The van der Waals surface area contributed by atoms with Gasteiger partial charge in [0, 0.05) is 51.3 Å². The number of likely N-dealkylation sites (N-methyl/N-ethyl adjacent to an activating group) is 1. The van der Waals surface area contributed by atoms with Crippen LogP contribution in [-0.2, 0) is 4.79 Å². The highest BCUT2D eigenvalue weighted by Crippen LogP contribution is 2.03. The van der Waals surface area contributed by atoms with Crippen LogP contribution in [0.1, 0.15) is 13.8 Å². The van der Waals surface area contributed by atoms with Crippen molar-refractivity contribution in [3.05, 3.63) is 11.7 Å². The van der Waals surface area contributed by atoms with Gasteiger partial charge in [0.1, 0.15) is 6.61 Å². The van der Waals surface area contributed by atoms with Crippen molar-refractivity contribution in [1.29, 1.82) is 0 Å². The highest BCUT2D eigenvalue weighted by Gasteiger charge is 1.96. The van der Waals surface area contributed by atoms with Crippen LogP contribution in [0.4, 0.5) is 8.78 Å². The fourth-order valence-electron chi connectivity index (χ4n) is 0.141. The highest BCUT2D eigenvalue weighted by atomic mass is 128. The summed E-state index contributed by atoms with van der Waals surface area (Å²) in [5, 5.41) is 8.11. The second kappa shape index (κ2) is 14.5. The zero-order valence-electron chi connectivity index (χ0n) is 9.02. The second-order valence-electron chi connectivity index (χ2n) is 2.71. The lowest BCUT2D eigenvalue weighted by molar-refractivity contribution is -0.131. The molecular formula is C8H15F2I2NO2. The predicted octanol–water partition coefficient (Wildman–Crippen LogP) is 3.02. The number of amides is 1. The van der Waals surface area contributed by atoms with Gasteiger partial charge in [-0.1, -0.05) is 0 Å². The van der Waals surface area contributed by atoms with Gasteiger partial charge < -0.3 is 10.0 Å². The van der Waals surface area contributed by atoms with E-state index in [1.165, 1.54) is 18.7 Å². The van der Waals surface area contributed by atoms with Gasteiger partial charge in [0.25, 0.3) is 6.08 Å². The monoisotopic (exact) mass is 449 g/mol. The minimum absolute atomic E-state index is 0.0926. The van der Waals surface area contributed by atoms with Gasteiger partial charge in [0.2, 0.25) is 5.91 Å². The SMILES string of the molecule is CC(C)=C(F)F.CN(C)C(=O)CO.II. The van der Waals surface area contributed by atoms with Crippen molar-refractivity contribution in [3.63, 3.8) is 0 Å². The van der Waals surface area contributed by atoms with E-state index in [9.17, 15) is 13.6 Å². The maximum atomic E-state index is 11.0. The smallest absolute Gasteiger partial charge is 0.268 e. The summed E-state index contributed by atoms with van der Waals surface area (Å²) in [5.74, 6) is -0.264. The minimum Gasteiger partial charge on any atom is -0.387 e. The first kappa shape index (κ1) is 20.8. The van der Waals surface area contributed by atoms with Gasteiger partial charge in [0.15, 0.2) is 0 Å². The summed E-state index contributed by atoms with van der Waals surface area (Å²) in [6.45, 7) is 2.34. The van der Waals surface area contributed by atoms with E-state index in [0.717, 1.165) is 0 Å². The van der Waals surface area contributed by atoms with Crippen LogP contribution in [0.25, 0.3) is 0 Å². The molecule has 1 amide bonds. The van der Waals surface area contributed by atoms with Gasteiger partial charge >= 0.3 is 0 Å². The summed E-state index contributed by atoms with van der Waals surface area (Å²) < 4.78 is 22.1. The molecule has 0 saturated heterocycles. The zero-order valence-corrected chi connectivity index (χ0v) is 13.3. The summed E-state index contributed by atoms with van der Waals surface area (Å²) in [7, 11) is 3.19. The van der Waals surface area contributed by atoms with Crippen LogP contribution in [0.15, 0.2) is 11.7 Å². The molecule has 0 aromatic rings. The van der Waals surface area contributed by atoms with E-state index in [4.69, 9.17) is 5.11 Å². The minimum atomic E-state index is -1.57. The van der Waals surface area contributed by atoms with Crippen molar-refractivity contribution in [2.45, 2.75) is 13.8 Å². The Morgan fingerprint density at radius 3 is 1.53 bits per heavy atom. The fraction of sp³-hybridized carbons (Fsp3) is 0.625. The summed E-state index contributed by atoms with van der Waals surface area (Å²) in [6.07, 6.45) is -1.57. The topological polar surface area (TPSA) is 40.5 Å². The number of aliphatic hydroxyl groups excluding tert-OH is 1. The quantitative estimate of drug-likeness (QED) is 0.626. The normalized spacial score (nSPS) is 7.53. The van der Waals surface area contributed by atoms with Crippen molar-refractivity contribution >= 4 is 43.1 Å². The van der Waals surface area contributed by atoms with Gasteiger partial charge in [-0.05, 0) is 19.4 Å². The molecule has 0 aliphatic heterocycles. The second-order valence-corrected chi connectivity index (χ2v) is 2.71. The molecule has 0 aromatic carbocycles. The van der Waals surface area contributed by atoms with Crippen LogP contribution in [-0.4, -0.2) is 36.6 Å². The van der Waals surface area contributed by atoms with Crippen LogP contribution in [0.3, 0.4) is 0 Å². The first-order valence-electron chi connectivity index (χ1n) is 3.76. The molecule has 92 valence electrons. The van der Waals surface area contributed by atoms with E-state index in [2.05, 4.69) is 37.2 Å². The Bertz CT molecular complexity index is 181. The molecule has 0 aliphatic rings. The number of allylic oxidation sites excluding steroid dienone is 1. The fourth-order valence-corrected chi connectivity index (χ4v) is 0.141. The number of hydrogen-bond acceptors (Lipinski definition) is 2. The van der Waals surface area contributed by atoms with Crippen LogP contribution in [0.2, 0.25) is 0 Å². The number of carbonyl (C=O) groups excluding carboxylic acids is 1. The van der Waals surface area contributed by atoms with Crippen molar-refractivity contribution in [2.24, 2.45) is 0 Å². The third-order valence-corrected chi connectivity index (χ3v) is 1.01. The number of aliphatic hydroxyl groups is 1. The molecule has 7 heteroatoms. The van der Waals surface area contributed by atoms with Gasteiger partial charge in [-0.2, -0.15) is 8.78 Å².